The second-order valence-electron chi connectivity index (χ2n) is 4.75. The van der Waals surface area contributed by atoms with Crippen LogP contribution < -0.4 is 10.6 Å². The van der Waals surface area contributed by atoms with Crippen molar-refractivity contribution >= 4 is 17.7 Å². The van der Waals surface area contributed by atoms with E-state index in [1.807, 2.05) is 0 Å². The van der Waals surface area contributed by atoms with Gasteiger partial charge in [0.05, 0.1) is 11.3 Å². The molecule has 5 nitrogen and oxygen atoms in total. The summed E-state index contributed by atoms with van der Waals surface area (Å²) >= 11 is 0. The number of carbonyl (C=O) groups is 2. The summed E-state index contributed by atoms with van der Waals surface area (Å²) in [4.78, 5) is 23.2. The molecule has 0 saturated carbocycles. The van der Waals surface area contributed by atoms with Gasteiger partial charge >= 0.3 is 6.09 Å². The Labute approximate surface area is 107 Å². The number of para-hydroxylation sites is 1. The van der Waals surface area contributed by atoms with E-state index in [9.17, 15) is 9.59 Å². The van der Waals surface area contributed by atoms with Gasteiger partial charge in [-0.2, -0.15) is 0 Å². The van der Waals surface area contributed by atoms with Crippen LogP contribution in [-0.2, 0) is 4.74 Å². The van der Waals surface area contributed by atoms with E-state index < -0.39 is 11.7 Å². The highest BCUT2D eigenvalue weighted by atomic mass is 16.6. The Hall–Kier alpha value is -2.04. The fraction of sp³-hybridized carbons (Fsp3) is 0.385. The minimum atomic E-state index is -0.584. The van der Waals surface area contributed by atoms with Crippen LogP contribution in [0.4, 0.5) is 10.5 Å². The second-order valence-corrected chi connectivity index (χ2v) is 4.75. The number of ether oxygens (including phenoxy) is 1. The summed E-state index contributed by atoms with van der Waals surface area (Å²) in [5.74, 6) is -0.262. The maximum absolute atomic E-state index is 11.6. The maximum Gasteiger partial charge on any atom is 0.412 e. The normalized spacial score (nSPS) is 10.7. The number of amides is 2. The number of anilines is 1. The van der Waals surface area contributed by atoms with Crippen LogP contribution in [-0.4, -0.2) is 24.6 Å². The van der Waals surface area contributed by atoms with Crippen molar-refractivity contribution in [3.05, 3.63) is 29.8 Å². The second kappa shape index (κ2) is 5.53. The number of hydrogen-bond donors (Lipinski definition) is 2. The van der Waals surface area contributed by atoms with Crippen molar-refractivity contribution < 1.29 is 14.3 Å². The average molecular weight is 250 g/mol. The molecule has 0 atom stereocenters. The summed E-state index contributed by atoms with van der Waals surface area (Å²) < 4.78 is 5.13. The SMILES string of the molecule is CNC(=O)c1ccccc1NC(=O)OC(C)(C)C. The monoisotopic (exact) mass is 250 g/mol. The van der Waals surface area contributed by atoms with Gasteiger partial charge in [-0.15, -0.1) is 0 Å². The van der Waals surface area contributed by atoms with Gasteiger partial charge in [-0.25, -0.2) is 4.79 Å². The van der Waals surface area contributed by atoms with Crippen LogP contribution in [0.25, 0.3) is 0 Å². The van der Waals surface area contributed by atoms with Crippen LogP contribution in [0.2, 0.25) is 0 Å². The predicted molar refractivity (Wildman–Crippen MR) is 69.7 cm³/mol. The molecule has 5 heteroatoms. The Morgan fingerprint density at radius 2 is 1.78 bits per heavy atom. The van der Waals surface area contributed by atoms with E-state index in [1.54, 1.807) is 45.0 Å². The summed E-state index contributed by atoms with van der Waals surface area (Å²) in [7, 11) is 1.53. The zero-order valence-corrected chi connectivity index (χ0v) is 11.0. The number of benzene rings is 1. The van der Waals surface area contributed by atoms with Crippen molar-refractivity contribution in [3.8, 4) is 0 Å². The van der Waals surface area contributed by atoms with Crippen molar-refractivity contribution in [2.75, 3.05) is 12.4 Å². The van der Waals surface area contributed by atoms with Crippen LogP contribution in [0.3, 0.4) is 0 Å². The average Bonchev–Trinajstić information content (AvgIpc) is 2.26. The highest BCUT2D eigenvalue weighted by Gasteiger charge is 2.18. The smallest absolute Gasteiger partial charge is 0.412 e. The van der Waals surface area contributed by atoms with Gasteiger partial charge in [0.1, 0.15) is 5.60 Å². The van der Waals surface area contributed by atoms with E-state index >= 15 is 0 Å². The molecule has 0 saturated heterocycles. The lowest BCUT2D eigenvalue weighted by Gasteiger charge is -2.20. The van der Waals surface area contributed by atoms with Gasteiger partial charge in [-0.3, -0.25) is 10.1 Å². The molecule has 0 aliphatic rings. The number of rotatable bonds is 2. The molecular formula is C13H18N2O3. The Kier molecular flexibility index (Phi) is 4.31. The highest BCUT2D eigenvalue weighted by molar-refractivity contribution is 6.02. The van der Waals surface area contributed by atoms with E-state index in [4.69, 9.17) is 4.74 Å². The molecule has 0 heterocycles. The molecule has 0 bridgehead atoms. The first kappa shape index (κ1) is 14.0. The quantitative estimate of drug-likeness (QED) is 0.846. The number of carbonyl (C=O) groups excluding carboxylic acids is 2. The van der Waals surface area contributed by atoms with Crippen LogP contribution in [0.5, 0.6) is 0 Å². The zero-order chi connectivity index (χ0) is 13.8. The van der Waals surface area contributed by atoms with Gasteiger partial charge in [0.25, 0.3) is 5.91 Å². The molecule has 98 valence electrons. The first-order valence-electron chi connectivity index (χ1n) is 5.64. The molecule has 2 amide bonds. The summed E-state index contributed by atoms with van der Waals surface area (Å²) in [6.45, 7) is 5.33. The Balaban J connectivity index is 2.85. The molecule has 2 N–H and O–H groups in total. The fourth-order valence-corrected chi connectivity index (χ4v) is 1.34. The van der Waals surface area contributed by atoms with E-state index in [-0.39, 0.29) is 5.91 Å². The fourth-order valence-electron chi connectivity index (χ4n) is 1.34. The van der Waals surface area contributed by atoms with E-state index in [0.717, 1.165) is 0 Å². The molecule has 0 aliphatic carbocycles. The number of hydrogen-bond acceptors (Lipinski definition) is 3. The third-order valence-electron chi connectivity index (χ3n) is 2.03. The Bertz CT molecular complexity index is 450. The van der Waals surface area contributed by atoms with Crippen LogP contribution in [0, 0.1) is 0 Å². The standard InChI is InChI=1S/C13H18N2O3/c1-13(2,3)18-12(17)15-10-8-6-5-7-9(10)11(16)14-4/h5-8H,1-4H3,(H,14,16)(H,15,17). The molecule has 0 aliphatic heterocycles. The van der Waals surface area contributed by atoms with Crippen molar-refractivity contribution in [1.82, 2.24) is 5.32 Å². The topological polar surface area (TPSA) is 67.4 Å². The van der Waals surface area contributed by atoms with Gasteiger partial charge < -0.3 is 10.1 Å². The van der Waals surface area contributed by atoms with Crippen molar-refractivity contribution in [1.29, 1.82) is 0 Å². The van der Waals surface area contributed by atoms with Crippen molar-refractivity contribution in [2.24, 2.45) is 0 Å². The molecule has 1 rings (SSSR count). The largest absolute Gasteiger partial charge is 0.444 e. The molecule has 0 unspecified atom stereocenters. The van der Waals surface area contributed by atoms with Gasteiger partial charge in [-0.05, 0) is 32.9 Å². The molecule has 1 aromatic carbocycles. The molecule has 0 aromatic heterocycles. The third-order valence-corrected chi connectivity index (χ3v) is 2.03. The first-order valence-corrected chi connectivity index (χ1v) is 5.64. The van der Waals surface area contributed by atoms with Crippen LogP contribution >= 0.6 is 0 Å². The molecule has 0 radical (unpaired) electrons. The lowest BCUT2D eigenvalue weighted by molar-refractivity contribution is 0.0636. The molecule has 0 spiro atoms. The zero-order valence-electron chi connectivity index (χ0n) is 11.0. The summed E-state index contributed by atoms with van der Waals surface area (Å²) in [6.07, 6.45) is -0.584. The molecule has 1 aromatic rings. The van der Waals surface area contributed by atoms with Gasteiger partial charge in [0, 0.05) is 7.05 Å². The maximum atomic E-state index is 11.6. The Morgan fingerprint density at radius 1 is 1.17 bits per heavy atom. The lowest BCUT2D eigenvalue weighted by atomic mass is 10.1. The van der Waals surface area contributed by atoms with Crippen molar-refractivity contribution in [3.63, 3.8) is 0 Å². The van der Waals surface area contributed by atoms with Crippen LogP contribution in [0.1, 0.15) is 31.1 Å². The van der Waals surface area contributed by atoms with Gasteiger partial charge in [0.15, 0.2) is 0 Å². The van der Waals surface area contributed by atoms with Gasteiger partial charge in [-0.1, -0.05) is 12.1 Å². The molecule has 0 fully saturated rings. The molecule has 18 heavy (non-hydrogen) atoms. The summed E-state index contributed by atoms with van der Waals surface area (Å²) in [6, 6.07) is 6.74. The lowest BCUT2D eigenvalue weighted by Crippen LogP contribution is -2.28. The van der Waals surface area contributed by atoms with Crippen LogP contribution in [0.15, 0.2) is 24.3 Å². The Morgan fingerprint density at radius 3 is 2.33 bits per heavy atom. The highest BCUT2D eigenvalue weighted by Crippen LogP contribution is 2.16. The number of nitrogens with one attached hydrogen (secondary N) is 2. The van der Waals surface area contributed by atoms with E-state index in [1.165, 1.54) is 7.05 Å². The summed E-state index contributed by atoms with van der Waals surface area (Å²) in [5.41, 5.74) is 0.239. The predicted octanol–water partition coefficient (Wildman–Crippen LogP) is 2.39. The van der Waals surface area contributed by atoms with Crippen molar-refractivity contribution in [2.45, 2.75) is 26.4 Å². The van der Waals surface area contributed by atoms with E-state index in [0.29, 0.717) is 11.3 Å². The van der Waals surface area contributed by atoms with E-state index in [2.05, 4.69) is 10.6 Å². The minimum absolute atomic E-state index is 0.262. The first-order chi connectivity index (χ1) is 8.33. The van der Waals surface area contributed by atoms with Gasteiger partial charge in [0.2, 0.25) is 0 Å². The minimum Gasteiger partial charge on any atom is -0.444 e. The molecular weight excluding hydrogens is 232 g/mol. The summed E-state index contributed by atoms with van der Waals surface area (Å²) in [5, 5.41) is 5.07. The third kappa shape index (κ3) is 4.08.